The van der Waals surface area contributed by atoms with Crippen molar-refractivity contribution < 1.29 is 32.6 Å². The average molecular weight is 491 g/mol. The van der Waals surface area contributed by atoms with Gasteiger partial charge in [-0.3, -0.25) is 14.4 Å². The highest BCUT2D eigenvalue weighted by atomic mass is 28.3. The molecule has 1 aliphatic heterocycles. The summed E-state index contributed by atoms with van der Waals surface area (Å²) in [5.41, 5.74) is 1.32. The second-order valence-corrected chi connectivity index (χ2v) is 14.1. The second-order valence-electron chi connectivity index (χ2n) is 9.14. The van der Waals surface area contributed by atoms with E-state index in [1.807, 2.05) is 19.6 Å². The van der Waals surface area contributed by atoms with E-state index in [1.54, 1.807) is 18.2 Å². The summed E-state index contributed by atoms with van der Waals surface area (Å²) in [7, 11) is -0.763. The van der Waals surface area contributed by atoms with Crippen LogP contribution in [0.3, 0.4) is 0 Å². The summed E-state index contributed by atoms with van der Waals surface area (Å²) in [6.45, 7) is 6.34. The molecule has 0 fully saturated rings. The highest BCUT2D eigenvalue weighted by Crippen LogP contribution is 2.33. The number of anilines is 1. The van der Waals surface area contributed by atoms with Gasteiger partial charge in [0.15, 0.2) is 6.61 Å². The average Bonchev–Trinajstić information content (AvgIpc) is 2.74. The lowest BCUT2D eigenvalue weighted by Gasteiger charge is -2.36. The van der Waals surface area contributed by atoms with Crippen molar-refractivity contribution in [2.45, 2.75) is 39.0 Å². The topological polar surface area (TPSA) is 84.9 Å². The summed E-state index contributed by atoms with van der Waals surface area (Å²) in [6.07, 6.45) is 0.455. The van der Waals surface area contributed by atoms with Gasteiger partial charge in [0.25, 0.3) is 11.8 Å². The number of methoxy groups -OCH3 is 1. The molecule has 3 rings (SSSR count). The molecule has 0 aliphatic carbocycles. The second kappa shape index (κ2) is 9.92. The Hall–Kier alpha value is -3.27. The Bertz CT molecular complexity index is 1110. The zero-order valence-electron chi connectivity index (χ0n) is 19.8. The van der Waals surface area contributed by atoms with Crippen molar-refractivity contribution in [3.05, 3.63) is 53.1 Å². The number of halogens is 2. The van der Waals surface area contributed by atoms with E-state index in [4.69, 9.17) is 9.47 Å². The van der Waals surface area contributed by atoms with Crippen LogP contribution in [0.5, 0.6) is 5.75 Å². The van der Waals surface area contributed by atoms with Crippen molar-refractivity contribution in [2.75, 3.05) is 25.6 Å². The van der Waals surface area contributed by atoms with Crippen LogP contribution >= 0.6 is 0 Å². The van der Waals surface area contributed by atoms with Crippen LogP contribution in [0.15, 0.2) is 30.3 Å². The Morgan fingerprint density at radius 1 is 1.12 bits per heavy atom. The molecule has 1 atom stereocenters. The number of esters is 1. The Kier molecular flexibility index (Phi) is 7.40. The number of hydrogen-bond donors (Lipinski definition) is 1. The molecule has 0 aromatic heterocycles. The lowest BCUT2D eigenvalue weighted by molar-refractivity contribution is -0.152. The van der Waals surface area contributed by atoms with E-state index in [0.29, 0.717) is 17.7 Å². The molecule has 7 nitrogen and oxygen atoms in total. The summed E-state index contributed by atoms with van der Waals surface area (Å²) in [4.78, 5) is 38.6. The van der Waals surface area contributed by atoms with E-state index in [9.17, 15) is 23.2 Å². The molecule has 182 valence electrons. The number of hydrogen-bond acceptors (Lipinski definition) is 5. The molecular formula is C24H28F2N2O5Si. The van der Waals surface area contributed by atoms with Crippen LogP contribution in [-0.4, -0.2) is 51.0 Å². The third kappa shape index (κ3) is 5.44. The molecule has 2 aromatic rings. The van der Waals surface area contributed by atoms with E-state index >= 15 is 0 Å². The number of nitrogens with zero attached hydrogens (tertiary/aromatic N) is 1. The fourth-order valence-electron chi connectivity index (χ4n) is 4.10. The molecule has 1 N–H and O–H groups in total. The molecule has 0 unspecified atom stereocenters. The first-order chi connectivity index (χ1) is 15.9. The van der Waals surface area contributed by atoms with Crippen molar-refractivity contribution >= 4 is 36.7 Å². The molecule has 1 heterocycles. The number of fused-ring (bicyclic) bond motifs is 1. The predicted molar refractivity (Wildman–Crippen MR) is 126 cm³/mol. The van der Waals surface area contributed by atoms with Gasteiger partial charge in [-0.05, 0) is 41.8 Å². The quantitative estimate of drug-likeness (QED) is 0.497. The number of nitrogens with one attached hydrogen (secondary N) is 1. The third-order valence-corrected chi connectivity index (χ3v) is 7.58. The number of carbonyl (C=O) groups is 3. The van der Waals surface area contributed by atoms with Gasteiger partial charge in [-0.2, -0.15) is 0 Å². The van der Waals surface area contributed by atoms with E-state index in [-0.39, 0.29) is 17.4 Å². The zero-order chi connectivity index (χ0) is 25.2. The van der Waals surface area contributed by atoms with Crippen LogP contribution < -0.4 is 15.2 Å². The van der Waals surface area contributed by atoms with Gasteiger partial charge in [-0.15, -0.1) is 0 Å². The Morgan fingerprint density at radius 3 is 2.32 bits per heavy atom. The maximum Gasteiger partial charge on any atom is 0.303 e. The summed E-state index contributed by atoms with van der Waals surface area (Å²) >= 11 is 0. The summed E-state index contributed by atoms with van der Waals surface area (Å²) in [5, 5.41) is 2.61. The molecule has 10 heteroatoms. The lowest BCUT2D eigenvalue weighted by atomic mass is 9.91. The molecule has 1 aliphatic rings. The minimum absolute atomic E-state index is 0.0463. The van der Waals surface area contributed by atoms with Gasteiger partial charge in [0.1, 0.15) is 23.4 Å². The van der Waals surface area contributed by atoms with Crippen molar-refractivity contribution in [2.24, 2.45) is 0 Å². The zero-order valence-corrected chi connectivity index (χ0v) is 20.8. The van der Waals surface area contributed by atoms with Gasteiger partial charge in [0.05, 0.1) is 15.2 Å². The van der Waals surface area contributed by atoms with Gasteiger partial charge < -0.3 is 19.7 Å². The smallest absolute Gasteiger partial charge is 0.303 e. The van der Waals surface area contributed by atoms with E-state index in [1.165, 1.54) is 18.9 Å². The number of ether oxygens (including phenoxy) is 2. The van der Waals surface area contributed by atoms with Crippen LogP contribution in [0.2, 0.25) is 19.6 Å². The van der Waals surface area contributed by atoms with Crippen LogP contribution in [-0.2, 0) is 25.5 Å². The molecule has 0 saturated heterocycles. The van der Waals surface area contributed by atoms with Gasteiger partial charge >= 0.3 is 5.97 Å². The molecule has 34 heavy (non-hydrogen) atoms. The molecule has 0 saturated carbocycles. The molecule has 0 bridgehead atoms. The van der Waals surface area contributed by atoms with Gasteiger partial charge in [0.2, 0.25) is 0 Å². The summed E-state index contributed by atoms with van der Waals surface area (Å²) in [6, 6.07) is 6.24. The largest absolute Gasteiger partial charge is 0.497 e. The number of benzene rings is 2. The van der Waals surface area contributed by atoms with Gasteiger partial charge in [-0.1, -0.05) is 25.7 Å². The third-order valence-electron chi connectivity index (χ3n) is 5.61. The van der Waals surface area contributed by atoms with Crippen molar-refractivity contribution in [3.63, 3.8) is 0 Å². The van der Waals surface area contributed by atoms with Gasteiger partial charge in [0, 0.05) is 24.3 Å². The normalized spacial score (nSPS) is 15.4. The Labute approximate surface area is 198 Å². The van der Waals surface area contributed by atoms with Crippen molar-refractivity contribution in [1.82, 2.24) is 4.90 Å². The fraction of sp³-hybridized carbons (Fsp3) is 0.375. The van der Waals surface area contributed by atoms with Crippen LogP contribution in [0.1, 0.15) is 24.1 Å². The number of amides is 2. The maximum atomic E-state index is 14.7. The highest BCUT2D eigenvalue weighted by molar-refractivity contribution is 6.88. The molecule has 2 aromatic carbocycles. The minimum atomic E-state index is -2.29. The fourth-order valence-corrected chi connectivity index (χ4v) is 5.68. The van der Waals surface area contributed by atoms with Gasteiger partial charge in [-0.25, -0.2) is 8.78 Å². The number of rotatable bonds is 6. The molecule has 0 spiro atoms. The standard InChI is InChI=1S/C24H28F2N2O5Si/c1-14(29)33-13-21(30)28-9-8-15-10-17(32-2)6-7-18(15)22(28)24(31)27-16-11-19(25)23(20(26)12-16)34(3,4)5/h6-7,10-12,22H,8-9,13H2,1-5H3,(H,27,31)/t22-/m1/s1. The molecular weight excluding hydrogens is 462 g/mol. The van der Waals surface area contributed by atoms with E-state index in [2.05, 4.69) is 5.32 Å². The van der Waals surface area contributed by atoms with Crippen molar-refractivity contribution in [1.29, 1.82) is 0 Å². The predicted octanol–water partition coefficient (Wildman–Crippen LogP) is 3.15. The first-order valence-corrected chi connectivity index (χ1v) is 14.3. The monoisotopic (exact) mass is 490 g/mol. The first-order valence-electron chi connectivity index (χ1n) is 10.8. The highest BCUT2D eigenvalue weighted by Gasteiger charge is 2.37. The van der Waals surface area contributed by atoms with Crippen LogP contribution in [0.4, 0.5) is 14.5 Å². The minimum Gasteiger partial charge on any atom is -0.497 e. The molecule has 0 radical (unpaired) electrons. The van der Waals surface area contributed by atoms with Crippen LogP contribution in [0.25, 0.3) is 0 Å². The lowest BCUT2D eigenvalue weighted by Crippen LogP contribution is -2.47. The maximum absolute atomic E-state index is 14.7. The Balaban J connectivity index is 1.96. The van der Waals surface area contributed by atoms with Crippen molar-refractivity contribution in [3.8, 4) is 5.75 Å². The summed E-state index contributed by atoms with van der Waals surface area (Å²) < 4.78 is 39.5. The van der Waals surface area contributed by atoms with E-state index < -0.39 is 50.1 Å². The van der Waals surface area contributed by atoms with Crippen LogP contribution in [0, 0.1) is 11.6 Å². The number of carbonyl (C=O) groups excluding carboxylic acids is 3. The SMILES string of the molecule is COc1ccc2c(c1)CCN(C(=O)COC(C)=O)[C@H]2C(=O)Nc1cc(F)c([Si](C)(C)C)c(F)c1. The molecule has 2 amide bonds. The first kappa shape index (κ1) is 25.4. The summed E-state index contributed by atoms with van der Waals surface area (Å²) in [5.74, 6) is -2.64. The van der Waals surface area contributed by atoms with E-state index in [0.717, 1.165) is 17.7 Å². The Morgan fingerprint density at radius 2 is 1.76 bits per heavy atom.